The van der Waals surface area contributed by atoms with Crippen LogP contribution in [0.25, 0.3) is 0 Å². The number of nitrogens with one attached hydrogen (secondary N) is 3. The van der Waals surface area contributed by atoms with E-state index < -0.39 is 73.0 Å². The summed E-state index contributed by atoms with van der Waals surface area (Å²) >= 11 is 3.91. The lowest BCUT2D eigenvalue weighted by molar-refractivity contribution is -0.145. The summed E-state index contributed by atoms with van der Waals surface area (Å²) in [5, 5.41) is 42.6. The highest BCUT2D eigenvalue weighted by Crippen LogP contribution is 2.03. The minimum Gasteiger partial charge on any atom is -0.481 e. The Bertz CT molecular complexity index is 617. The van der Waals surface area contributed by atoms with Gasteiger partial charge in [0.05, 0.1) is 12.7 Å². The SMILES string of the molecule is CC(O)C(NC(=O)C(CCC(=O)O)NC(=O)C(CS)NC(=O)C(N)CO)C(=O)O. The molecule has 0 saturated heterocycles. The number of aliphatic hydroxyl groups excluding tert-OH is 2. The van der Waals surface area contributed by atoms with Gasteiger partial charge in [-0.1, -0.05) is 0 Å². The van der Waals surface area contributed by atoms with Crippen molar-refractivity contribution >= 4 is 42.3 Å². The van der Waals surface area contributed by atoms with Gasteiger partial charge in [-0.05, 0) is 13.3 Å². The van der Waals surface area contributed by atoms with Crippen molar-refractivity contribution in [3.05, 3.63) is 0 Å². The Hall–Kier alpha value is -2.42. The maximum Gasteiger partial charge on any atom is 0.328 e. The Morgan fingerprint density at radius 1 is 0.966 bits per heavy atom. The zero-order chi connectivity index (χ0) is 22.7. The summed E-state index contributed by atoms with van der Waals surface area (Å²) in [6, 6.07) is -5.71. The molecule has 3 amide bonds. The first-order valence-electron chi connectivity index (χ1n) is 8.45. The quantitative estimate of drug-likeness (QED) is 0.127. The van der Waals surface area contributed by atoms with Gasteiger partial charge in [0, 0.05) is 12.2 Å². The molecular formula is C15H26N4O9S. The number of aliphatic hydroxyl groups is 2. The summed E-state index contributed by atoms with van der Waals surface area (Å²) in [7, 11) is 0. The highest BCUT2D eigenvalue weighted by Gasteiger charge is 2.31. The minimum atomic E-state index is -1.69. The lowest BCUT2D eigenvalue weighted by Crippen LogP contribution is -2.59. The van der Waals surface area contributed by atoms with E-state index in [2.05, 4.69) is 23.3 Å². The monoisotopic (exact) mass is 438 g/mol. The van der Waals surface area contributed by atoms with Gasteiger partial charge in [-0.25, -0.2) is 4.79 Å². The molecule has 14 heteroatoms. The largest absolute Gasteiger partial charge is 0.481 e. The molecule has 0 aliphatic rings. The van der Waals surface area contributed by atoms with Crippen LogP contribution in [0.5, 0.6) is 0 Å². The zero-order valence-electron chi connectivity index (χ0n) is 15.6. The fourth-order valence-corrected chi connectivity index (χ4v) is 2.26. The van der Waals surface area contributed by atoms with E-state index in [0.29, 0.717) is 0 Å². The number of carboxylic acids is 2. The molecule has 0 spiro atoms. The fraction of sp³-hybridized carbons (Fsp3) is 0.667. The molecule has 5 unspecified atom stereocenters. The normalized spacial score (nSPS) is 15.9. The molecule has 0 bridgehead atoms. The molecule has 0 aromatic rings. The third-order valence-corrected chi connectivity index (χ3v) is 4.04. The van der Waals surface area contributed by atoms with Crippen molar-refractivity contribution in [3.63, 3.8) is 0 Å². The molecule has 0 radical (unpaired) electrons. The van der Waals surface area contributed by atoms with Crippen molar-refractivity contribution in [1.82, 2.24) is 16.0 Å². The van der Waals surface area contributed by atoms with E-state index in [9.17, 15) is 29.1 Å². The van der Waals surface area contributed by atoms with Gasteiger partial charge in [-0.2, -0.15) is 12.6 Å². The molecule has 29 heavy (non-hydrogen) atoms. The van der Waals surface area contributed by atoms with Gasteiger partial charge in [-0.15, -0.1) is 0 Å². The van der Waals surface area contributed by atoms with E-state index in [1.54, 1.807) is 0 Å². The third-order valence-electron chi connectivity index (χ3n) is 3.68. The van der Waals surface area contributed by atoms with Crippen molar-refractivity contribution in [3.8, 4) is 0 Å². The number of carboxylic acid groups (broad SMARTS) is 2. The van der Waals surface area contributed by atoms with Gasteiger partial charge in [0.15, 0.2) is 6.04 Å². The van der Waals surface area contributed by atoms with Crippen LogP contribution in [0.4, 0.5) is 0 Å². The van der Waals surface area contributed by atoms with Crippen LogP contribution >= 0.6 is 12.6 Å². The Morgan fingerprint density at radius 3 is 1.90 bits per heavy atom. The lowest BCUT2D eigenvalue weighted by atomic mass is 10.1. The van der Waals surface area contributed by atoms with Crippen LogP contribution in [-0.4, -0.2) is 92.7 Å². The van der Waals surface area contributed by atoms with E-state index in [-0.39, 0.29) is 12.2 Å². The molecule has 0 rings (SSSR count). The van der Waals surface area contributed by atoms with Crippen molar-refractivity contribution in [2.75, 3.05) is 12.4 Å². The van der Waals surface area contributed by atoms with Crippen molar-refractivity contribution in [2.45, 2.75) is 50.0 Å². The van der Waals surface area contributed by atoms with E-state index in [1.165, 1.54) is 0 Å². The highest BCUT2D eigenvalue weighted by molar-refractivity contribution is 7.80. The lowest BCUT2D eigenvalue weighted by Gasteiger charge is -2.24. The summed E-state index contributed by atoms with van der Waals surface area (Å²) in [5.74, 6) is -5.81. The number of carbonyl (C=O) groups is 5. The van der Waals surface area contributed by atoms with Gasteiger partial charge >= 0.3 is 11.9 Å². The molecule has 0 saturated carbocycles. The minimum absolute atomic E-state index is 0.214. The predicted molar refractivity (Wildman–Crippen MR) is 101 cm³/mol. The summed E-state index contributed by atoms with van der Waals surface area (Å²) in [6.45, 7) is 0.451. The number of hydrogen-bond acceptors (Lipinski definition) is 9. The maximum atomic E-state index is 12.4. The number of carbonyl (C=O) groups excluding carboxylic acids is 3. The van der Waals surface area contributed by atoms with E-state index in [0.717, 1.165) is 6.92 Å². The van der Waals surface area contributed by atoms with Crippen molar-refractivity contribution in [1.29, 1.82) is 0 Å². The van der Waals surface area contributed by atoms with Crippen LogP contribution in [0.3, 0.4) is 0 Å². The summed E-state index contributed by atoms with van der Waals surface area (Å²) in [6.07, 6.45) is -2.38. The second-order valence-electron chi connectivity index (χ2n) is 6.09. The van der Waals surface area contributed by atoms with Crippen LogP contribution in [0.2, 0.25) is 0 Å². The van der Waals surface area contributed by atoms with Crippen molar-refractivity contribution in [2.24, 2.45) is 5.73 Å². The number of nitrogens with two attached hydrogens (primary N) is 1. The summed E-state index contributed by atoms with van der Waals surface area (Å²) in [5.41, 5.74) is 5.33. The Kier molecular flexibility index (Phi) is 11.8. The van der Waals surface area contributed by atoms with Gasteiger partial charge in [0.1, 0.15) is 18.1 Å². The topological polar surface area (TPSA) is 228 Å². The van der Waals surface area contributed by atoms with Crippen LogP contribution in [-0.2, 0) is 24.0 Å². The smallest absolute Gasteiger partial charge is 0.328 e. The summed E-state index contributed by atoms with van der Waals surface area (Å²) in [4.78, 5) is 58.3. The van der Waals surface area contributed by atoms with Gasteiger partial charge in [0.25, 0.3) is 0 Å². The molecule has 0 aliphatic heterocycles. The van der Waals surface area contributed by atoms with Crippen LogP contribution in [0.1, 0.15) is 19.8 Å². The maximum absolute atomic E-state index is 12.4. The van der Waals surface area contributed by atoms with Crippen LogP contribution in [0, 0.1) is 0 Å². The molecule has 9 N–H and O–H groups in total. The molecule has 0 aliphatic carbocycles. The fourth-order valence-electron chi connectivity index (χ4n) is 2.01. The van der Waals surface area contributed by atoms with Gasteiger partial charge in [0.2, 0.25) is 17.7 Å². The molecule has 0 heterocycles. The number of thiol groups is 1. The molecule has 13 nitrogen and oxygen atoms in total. The molecule has 0 aromatic heterocycles. The number of aliphatic carboxylic acids is 2. The van der Waals surface area contributed by atoms with Gasteiger partial charge < -0.3 is 42.1 Å². The Morgan fingerprint density at radius 2 is 1.48 bits per heavy atom. The van der Waals surface area contributed by atoms with Crippen molar-refractivity contribution < 1.29 is 44.4 Å². The molecule has 166 valence electrons. The van der Waals surface area contributed by atoms with Crippen LogP contribution in [0.15, 0.2) is 0 Å². The number of amides is 3. The average molecular weight is 438 g/mol. The Balaban J connectivity index is 5.30. The molecular weight excluding hydrogens is 412 g/mol. The number of rotatable bonds is 13. The first-order chi connectivity index (χ1) is 13.4. The first kappa shape index (κ1) is 26.6. The third kappa shape index (κ3) is 9.56. The second-order valence-corrected chi connectivity index (χ2v) is 6.46. The van der Waals surface area contributed by atoms with Crippen LogP contribution < -0.4 is 21.7 Å². The first-order valence-corrected chi connectivity index (χ1v) is 9.08. The van der Waals surface area contributed by atoms with E-state index in [1.807, 2.05) is 5.32 Å². The zero-order valence-corrected chi connectivity index (χ0v) is 16.5. The second kappa shape index (κ2) is 12.9. The standard InChI is InChI=1S/C15H26N4O9S/c1-6(21)11(15(27)28)19-13(25)8(2-3-10(22)23)17-14(26)9(5-29)18-12(24)7(16)4-20/h6-9,11,20-21,29H,2-5,16H2,1H3,(H,17,26)(H,18,24)(H,19,25)(H,22,23)(H,27,28). The summed E-state index contributed by atoms with van der Waals surface area (Å²) < 4.78 is 0. The molecule has 5 atom stereocenters. The van der Waals surface area contributed by atoms with Gasteiger partial charge in [-0.3, -0.25) is 19.2 Å². The van der Waals surface area contributed by atoms with E-state index >= 15 is 0 Å². The Labute approximate surface area is 171 Å². The van der Waals surface area contributed by atoms with E-state index in [4.69, 9.17) is 21.1 Å². The molecule has 0 fully saturated rings. The average Bonchev–Trinajstić information content (AvgIpc) is 2.65. The number of hydrogen-bond donors (Lipinski definition) is 9. The predicted octanol–water partition coefficient (Wildman–Crippen LogP) is -3.98. The highest BCUT2D eigenvalue weighted by atomic mass is 32.1. The molecule has 0 aromatic carbocycles.